The Morgan fingerprint density at radius 1 is 0.905 bits per heavy atom. The maximum atomic E-state index is 13.8. The third-order valence-corrected chi connectivity index (χ3v) is 3.66. The van der Waals surface area contributed by atoms with E-state index >= 15 is 0 Å². The zero-order valence-corrected chi connectivity index (χ0v) is 11.0. The van der Waals surface area contributed by atoms with Crippen LogP contribution in [-0.4, -0.2) is 0 Å². The van der Waals surface area contributed by atoms with Gasteiger partial charge in [-0.15, -0.1) is 0 Å². The lowest BCUT2D eigenvalue weighted by Gasteiger charge is -2.21. The van der Waals surface area contributed by atoms with Crippen molar-refractivity contribution in [2.24, 2.45) is 5.92 Å². The smallest absolute Gasteiger partial charge is 0.185 e. The minimum atomic E-state index is -1.40. The molecular formula is C16H13F4N. The average Bonchev–Trinajstić information content (AvgIpc) is 3.31. The standard InChI is InChI=1S/C16H13F4N/c17-11-8-12(18)14(20)16(13(11)19)21-15(10-6-7-10)9-4-2-1-3-5-9/h1-5,8,10,15,21H,6-7H2. The Kier molecular flexibility index (Phi) is 3.57. The lowest BCUT2D eigenvalue weighted by atomic mass is 10.0. The topological polar surface area (TPSA) is 12.0 Å². The van der Waals surface area contributed by atoms with E-state index in [-0.39, 0.29) is 18.0 Å². The molecule has 5 heteroatoms. The SMILES string of the molecule is Fc1cc(F)c(F)c(NC(c2ccccc2)C2CC2)c1F. The third-order valence-electron chi connectivity index (χ3n) is 3.66. The number of halogens is 4. The molecule has 1 aliphatic carbocycles. The molecule has 3 rings (SSSR count). The monoisotopic (exact) mass is 295 g/mol. The number of nitrogens with one attached hydrogen (secondary N) is 1. The Morgan fingerprint density at radius 3 is 2.00 bits per heavy atom. The quantitative estimate of drug-likeness (QED) is 0.630. The van der Waals surface area contributed by atoms with E-state index in [1.807, 2.05) is 30.3 Å². The molecule has 0 heterocycles. The third kappa shape index (κ3) is 2.73. The molecule has 0 aromatic heterocycles. The van der Waals surface area contributed by atoms with Crippen molar-refractivity contribution in [2.45, 2.75) is 18.9 Å². The lowest BCUT2D eigenvalue weighted by Crippen LogP contribution is -2.16. The van der Waals surface area contributed by atoms with Gasteiger partial charge >= 0.3 is 0 Å². The van der Waals surface area contributed by atoms with Crippen LogP contribution >= 0.6 is 0 Å². The van der Waals surface area contributed by atoms with Crippen LogP contribution in [0.3, 0.4) is 0 Å². The summed E-state index contributed by atoms with van der Waals surface area (Å²) in [5, 5.41) is 2.65. The molecule has 1 unspecified atom stereocenters. The van der Waals surface area contributed by atoms with Crippen molar-refractivity contribution in [3.63, 3.8) is 0 Å². The second-order valence-corrected chi connectivity index (χ2v) is 5.21. The maximum Gasteiger partial charge on any atom is 0.185 e. The van der Waals surface area contributed by atoms with Gasteiger partial charge in [-0.2, -0.15) is 0 Å². The second kappa shape index (κ2) is 5.39. The molecular weight excluding hydrogens is 282 g/mol. The summed E-state index contributed by atoms with van der Waals surface area (Å²) in [4.78, 5) is 0. The van der Waals surface area contributed by atoms with Gasteiger partial charge < -0.3 is 5.32 Å². The molecule has 1 atom stereocenters. The van der Waals surface area contributed by atoms with E-state index in [0.29, 0.717) is 0 Å². The Hall–Kier alpha value is -2.04. The first kappa shape index (κ1) is 13.9. The highest BCUT2D eigenvalue weighted by atomic mass is 19.2. The minimum Gasteiger partial charge on any atom is -0.373 e. The summed E-state index contributed by atoms with van der Waals surface area (Å²) < 4.78 is 54.1. The molecule has 2 aromatic carbocycles. The molecule has 21 heavy (non-hydrogen) atoms. The average molecular weight is 295 g/mol. The first-order chi connectivity index (χ1) is 10.1. The van der Waals surface area contributed by atoms with Crippen LogP contribution in [-0.2, 0) is 0 Å². The van der Waals surface area contributed by atoms with Crippen LogP contribution in [0, 0.1) is 29.2 Å². The van der Waals surface area contributed by atoms with Crippen LogP contribution in [0.25, 0.3) is 0 Å². The summed E-state index contributed by atoms with van der Waals surface area (Å²) in [5.41, 5.74) is 0.0942. The Bertz CT molecular complexity index is 627. The lowest BCUT2D eigenvalue weighted by molar-refractivity contribution is 0.455. The van der Waals surface area contributed by atoms with Crippen LogP contribution in [0.2, 0.25) is 0 Å². The van der Waals surface area contributed by atoms with E-state index in [0.717, 1.165) is 18.4 Å². The summed E-state index contributed by atoms with van der Waals surface area (Å²) in [7, 11) is 0. The van der Waals surface area contributed by atoms with Gasteiger partial charge in [0.25, 0.3) is 0 Å². The summed E-state index contributed by atoms with van der Waals surface area (Å²) in [6, 6.07) is 8.94. The second-order valence-electron chi connectivity index (χ2n) is 5.21. The summed E-state index contributed by atoms with van der Waals surface area (Å²) in [6.45, 7) is 0. The number of hydrogen-bond acceptors (Lipinski definition) is 1. The van der Waals surface area contributed by atoms with E-state index in [1.54, 1.807) is 0 Å². The molecule has 1 N–H and O–H groups in total. The van der Waals surface area contributed by atoms with Crippen LogP contribution in [0.1, 0.15) is 24.4 Å². The molecule has 0 radical (unpaired) electrons. The number of anilines is 1. The van der Waals surface area contributed by atoms with E-state index in [9.17, 15) is 17.6 Å². The largest absolute Gasteiger partial charge is 0.373 e. The molecule has 0 bridgehead atoms. The predicted octanol–water partition coefficient (Wildman–Crippen LogP) is 4.81. The fourth-order valence-electron chi connectivity index (χ4n) is 2.42. The van der Waals surface area contributed by atoms with Gasteiger partial charge in [-0.25, -0.2) is 17.6 Å². The fraction of sp³-hybridized carbons (Fsp3) is 0.250. The summed E-state index contributed by atoms with van der Waals surface area (Å²) in [6.07, 6.45) is 1.82. The molecule has 2 aromatic rings. The van der Waals surface area contributed by atoms with Crippen LogP contribution in [0.4, 0.5) is 23.2 Å². The van der Waals surface area contributed by atoms with Gasteiger partial charge in [-0.3, -0.25) is 0 Å². The van der Waals surface area contributed by atoms with Gasteiger partial charge in [0.1, 0.15) is 5.69 Å². The summed E-state index contributed by atoms with van der Waals surface area (Å²) >= 11 is 0. The predicted molar refractivity (Wildman–Crippen MR) is 71.8 cm³/mol. The highest BCUT2D eigenvalue weighted by Crippen LogP contribution is 2.43. The van der Waals surface area contributed by atoms with E-state index < -0.39 is 29.0 Å². The summed E-state index contributed by atoms with van der Waals surface area (Å²) in [5.74, 6) is -5.39. The Labute approximate surface area is 119 Å². The molecule has 0 aliphatic heterocycles. The van der Waals surface area contributed by atoms with Crippen LogP contribution < -0.4 is 5.32 Å². The Balaban J connectivity index is 1.98. The normalized spacial score (nSPS) is 15.8. The van der Waals surface area contributed by atoms with E-state index in [4.69, 9.17) is 0 Å². The molecule has 1 fully saturated rings. The minimum absolute atomic E-state index is 0.206. The van der Waals surface area contributed by atoms with Crippen molar-refractivity contribution < 1.29 is 17.6 Å². The number of hydrogen-bond donors (Lipinski definition) is 1. The molecule has 1 saturated carbocycles. The van der Waals surface area contributed by atoms with Crippen LogP contribution in [0.15, 0.2) is 36.4 Å². The Morgan fingerprint density at radius 2 is 1.48 bits per heavy atom. The van der Waals surface area contributed by atoms with Crippen molar-refractivity contribution in [3.05, 3.63) is 65.2 Å². The van der Waals surface area contributed by atoms with E-state index in [1.165, 1.54) is 0 Å². The molecule has 1 nitrogen and oxygen atoms in total. The highest BCUT2D eigenvalue weighted by Gasteiger charge is 2.34. The van der Waals surface area contributed by atoms with Gasteiger partial charge in [0.05, 0.1) is 6.04 Å². The van der Waals surface area contributed by atoms with Crippen LogP contribution in [0.5, 0.6) is 0 Å². The van der Waals surface area contributed by atoms with Gasteiger partial charge in [0.2, 0.25) is 0 Å². The molecule has 110 valence electrons. The highest BCUT2D eigenvalue weighted by molar-refractivity contribution is 5.49. The number of rotatable bonds is 4. The van der Waals surface area contributed by atoms with Crippen molar-refractivity contribution in [1.82, 2.24) is 0 Å². The number of benzene rings is 2. The van der Waals surface area contributed by atoms with Gasteiger partial charge in [-0.05, 0) is 24.3 Å². The molecule has 0 saturated heterocycles. The van der Waals surface area contributed by atoms with Crippen molar-refractivity contribution in [3.8, 4) is 0 Å². The van der Waals surface area contributed by atoms with Gasteiger partial charge in [0.15, 0.2) is 23.3 Å². The van der Waals surface area contributed by atoms with Crippen molar-refractivity contribution in [2.75, 3.05) is 5.32 Å². The van der Waals surface area contributed by atoms with Gasteiger partial charge in [-0.1, -0.05) is 30.3 Å². The van der Waals surface area contributed by atoms with Gasteiger partial charge in [0, 0.05) is 6.07 Å². The fourth-order valence-corrected chi connectivity index (χ4v) is 2.42. The first-order valence-corrected chi connectivity index (χ1v) is 6.72. The first-order valence-electron chi connectivity index (χ1n) is 6.72. The zero-order chi connectivity index (χ0) is 15.0. The maximum absolute atomic E-state index is 13.8. The molecule has 1 aliphatic rings. The van der Waals surface area contributed by atoms with Crippen molar-refractivity contribution in [1.29, 1.82) is 0 Å². The molecule has 0 spiro atoms. The van der Waals surface area contributed by atoms with Crippen molar-refractivity contribution >= 4 is 5.69 Å². The van der Waals surface area contributed by atoms with E-state index in [2.05, 4.69) is 5.32 Å². The zero-order valence-electron chi connectivity index (χ0n) is 11.0. The molecule has 0 amide bonds.